The number of nitrogens with zero attached hydrogens (tertiary/aromatic N) is 1. The normalized spacial score (nSPS) is 11.5. The molecule has 0 radical (unpaired) electrons. The number of rotatable bonds is 3. The summed E-state index contributed by atoms with van der Waals surface area (Å²) in [7, 11) is 1.62. The standard InChI is InChI=1S/C11H17BrN4O/c1-7(2)14-11(16-13)15-10-6-8(17-3)4-5-9(10)12/h4-7H,13H2,1-3H3,(H2,14,15,16). The van der Waals surface area contributed by atoms with Gasteiger partial charge < -0.3 is 10.1 Å². The molecule has 0 amide bonds. The van der Waals surface area contributed by atoms with Crippen molar-refractivity contribution in [1.29, 1.82) is 0 Å². The molecule has 5 nitrogen and oxygen atoms in total. The first-order valence-corrected chi connectivity index (χ1v) is 6.01. The highest BCUT2D eigenvalue weighted by molar-refractivity contribution is 9.10. The van der Waals surface area contributed by atoms with Gasteiger partial charge in [0.1, 0.15) is 5.75 Å². The molecule has 1 rings (SSSR count). The number of hydrazine groups is 1. The molecule has 0 spiro atoms. The maximum Gasteiger partial charge on any atom is 0.210 e. The number of ether oxygens (including phenoxy) is 1. The lowest BCUT2D eigenvalue weighted by Gasteiger charge is -2.12. The van der Waals surface area contributed by atoms with E-state index in [9.17, 15) is 0 Å². The van der Waals surface area contributed by atoms with Gasteiger partial charge in [0.2, 0.25) is 5.96 Å². The van der Waals surface area contributed by atoms with E-state index in [2.05, 4.69) is 31.7 Å². The van der Waals surface area contributed by atoms with E-state index < -0.39 is 0 Å². The van der Waals surface area contributed by atoms with Crippen LogP contribution in [0, 0.1) is 0 Å². The van der Waals surface area contributed by atoms with Crippen LogP contribution in [0.25, 0.3) is 0 Å². The highest BCUT2D eigenvalue weighted by atomic mass is 79.9. The molecule has 0 aromatic heterocycles. The highest BCUT2D eigenvalue weighted by Gasteiger charge is 2.05. The second kappa shape index (κ2) is 6.46. The van der Waals surface area contributed by atoms with E-state index in [1.165, 1.54) is 0 Å². The minimum absolute atomic E-state index is 0.151. The van der Waals surface area contributed by atoms with Gasteiger partial charge in [-0.3, -0.25) is 5.43 Å². The number of nitrogens with two attached hydrogens (primary N) is 1. The fraction of sp³-hybridized carbons (Fsp3) is 0.364. The van der Waals surface area contributed by atoms with Gasteiger partial charge in [-0.05, 0) is 41.9 Å². The highest BCUT2D eigenvalue weighted by Crippen LogP contribution is 2.26. The fourth-order valence-electron chi connectivity index (χ4n) is 1.22. The third-order valence-corrected chi connectivity index (χ3v) is 2.64. The Kier molecular flexibility index (Phi) is 5.24. The molecule has 0 saturated carbocycles. The van der Waals surface area contributed by atoms with Crippen LogP contribution in [0.5, 0.6) is 5.75 Å². The second-order valence-corrected chi connectivity index (χ2v) is 4.54. The summed E-state index contributed by atoms with van der Waals surface area (Å²) in [6.45, 7) is 3.94. The van der Waals surface area contributed by atoms with Crippen molar-refractivity contribution in [2.24, 2.45) is 10.8 Å². The molecule has 0 aliphatic carbocycles. The van der Waals surface area contributed by atoms with Gasteiger partial charge in [0, 0.05) is 16.6 Å². The first-order valence-electron chi connectivity index (χ1n) is 5.21. The molecular weight excluding hydrogens is 284 g/mol. The zero-order valence-corrected chi connectivity index (χ0v) is 11.7. The Morgan fingerprint density at radius 1 is 1.47 bits per heavy atom. The summed E-state index contributed by atoms with van der Waals surface area (Å²) in [6.07, 6.45) is 0. The summed E-state index contributed by atoms with van der Waals surface area (Å²) in [5, 5.41) is 3.09. The number of anilines is 1. The van der Waals surface area contributed by atoms with E-state index in [-0.39, 0.29) is 6.04 Å². The van der Waals surface area contributed by atoms with Crippen molar-refractivity contribution in [2.75, 3.05) is 12.4 Å². The van der Waals surface area contributed by atoms with Crippen molar-refractivity contribution in [3.8, 4) is 5.75 Å². The van der Waals surface area contributed by atoms with E-state index in [1.54, 1.807) is 7.11 Å². The molecule has 1 aromatic carbocycles. The third-order valence-electron chi connectivity index (χ3n) is 1.95. The van der Waals surface area contributed by atoms with Crippen LogP contribution < -0.4 is 21.3 Å². The molecule has 17 heavy (non-hydrogen) atoms. The van der Waals surface area contributed by atoms with Crippen LogP contribution in [0.2, 0.25) is 0 Å². The predicted octanol–water partition coefficient (Wildman–Crippen LogP) is 2.10. The average molecular weight is 301 g/mol. The zero-order chi connectivity index (χ0) is 12.8. The summed E-state index contributed by atoms with van der Waals surface area (Å²) in [5.74, 6) is 6.67. The van der Waals surface area contributed by atoms with Crippen molar-refractivity contribution in [3.05, 3.63) is 22.7 Å². The molecule has 0 unspecified atom stereocenters. The summed E-state index contributed by atoms with van der Waals surface area (Å²) in [6, 6.07) is 5.77. The number of nitrogens with one attached hydrogen (secondary N) is 2. The first kappa shape index (κ1) is 13.8. The number of guanidine groups is 1. The summed E-state index contributed by atoms with van der Waals surface area (Å²) < 4.78 is 6.06. The van der Waals surface area contributed by atoms with Crippen molar-refractivity contribution in [3.63, 3.8) is 0 Å². The molecule has 0 aliphatic heterocycles. The fourth-order valence-corrected chi connectivity index (χ4v) is 1.56. The number of halogens is 1. The van der Waals surface area contributed by atoms with Crippen molar-refractivity contribution in [1.82, 2.24) is 5.43 Å². The number of methoxy groups -OCH3 is 1. The Morgan fingerprint density at radius 3 is 2.71 bits per heavy atom. The Morgan fingerprint density at radius 2 is 2.18 bits per heavy atom. The first-order chi connectivity index (χ1) is 8.06. The summed E-state index contributed by atoms with van der Waals surface area (Å²) in [4.78, 5) is 4.30. The number of benzene rings is 1. The Balaban J connectivity index is 2.92. The van der Waals surface area contributed by atoms with Gasteiger partial charge >= 0.3 is 0 Å². The minimum atomic E-state index is 0.151. The minimum Gasteiger partial charge on any atom is -0.497 e. The van der Waals surface area contributed by atoms with Crippen LogP contribution in [-0.2, 0) is 0 Å². The molecule has 94 valence electrons. The molecule has 0 heterocycles. The van der Waals surface area contributed by atoms with E-state index in [0.717, 1.165) is 15.9 Å². The molecule has 0 atom stereocenters. The largest absolute Gasteiger partial charge is 0.497 e. The van der Waals surface area contributed by atoms with Gasteiger partial charge in [-0.1, -0.05) is 0 Å². The summed E-state index contributed by atoms with van der Waals surface area (Å²) in [5.41, 5.74) is 3.36. The topological polar surface area (TPSA) is 71.7 Å². The van der Waals surface area contributed by atoms with Crippen LogP contribution >= 0.6 is 15.9 Å². The van der Waals surface area contributed by atoms with Gasteiger partial charge in [-0.2, -0.15) is 0 Å². The van der Waals surface area contributed by atoms with Crippen LogP contribution in [-0.4, -0.2) is 19.1 Å². The van der Waals surface area contributed by atoms with E-state index >= 15 is 0 Å². The van der Waals surface area contributed by atoms with Gasteiger partial charge in [0.15, 0.2) is 0 Å². The molecule has 0 bridgehead atoms. The lowest BCUT2D eigenvalue weighted by atomic mass is 10.3. The van der Waals surface area contributed by atoms with Crippen LogP contribution in [0.4, 0.5) is 5.69 Å². The Hall–Kier alpha value is -1.27. The maximum absolute atomic E-state index is 5.40. The Bertz CT molecular complexity index is 406. The predicted molar refractivity (Wildman–Crippen MR) is 74.2 cm³/mol. The molecule has 0 saturated heterocycles. The number of aliphatic imine (C=N–C) groups is 1. The van der Waals surface area contributed by atoms with E-state index in [0.29, 0.717) is 5.96 Å². The van der Waals surface area contributed by atoms with Crippen LogP contribution in [0.15, 0.2) is 27.7 Å². The van der Waals surface area contributed by atoms with Gasteiger partial charge in [0.25, 0.3) is 0 Å². The number of hydrogen-bond donors (Lipinski definition) is 3. The van der Waals surface area contributed by atoms with Crippen LogP contribution in [0.3, 0.4) is 0 Å². The zero-order valence-electron chi connectivity index (χ0n) is 10.1. The lowest BCUT2D eigenvalue weighted by molar-refractivity contribution is 0.415. The van der Waals surface area contributed by atoms with Gasteiger partial charge in [-0.25, -0.2) is 10.8 Å². The van der Waals surface area contributed by atoms with Crippen molar-refractivity contribution < 1.29 is 4.74 Å². The molecular formula is C11H17BrN4O. The molecule has 6 heteroatoms. The molecule has 0 aliphatic rings. The average Bonchev–Trinajstić information content (AvgIpc) is 2.30. The van der Waals surface area contributed by atoms with Crippen molar-refractivity contribution >= 4 is 27.6 Å². The molecule has 0 fully saturated rings. The number of hydrogen-bond acceptors (Lipinski definition) is 3. The quantitative estimate of drug-likeness (QED) is 0.346. The SMILES string of the molecule is COc1ccc(Br)c(NC(=NC(C)C)NN)c1. The Labute approximate surface area is 110 Å². The lowest BCUT2D eigenvalue weighted by Crippen LogP contribution is -2.37. The maximum atomic E-state index is 5.40. The van der Waals surface area contributed by atoms with Crippen molar-refractivity contribution in [2.45, 2.75) is 19.9 Å². The van der Waals surface area contributed by atoms with Gasteiger partial charge in [-0.15, -0.1) is 0 Å². The summed E-state index contributed by atoms with van der Waals surface area (Å²) >= 11 is 3.44. The monoisotopic (exact) mass is 300 g/mol. The second-order valence-electron chi connectivity index (χ2n) is 3.69. The van der Waals surface area contributed by atoms with E-state index in [4.69, 9.17) is 10.6 Å². The smallest absolute Gasteiger partial charge is 0.210 e. The molecule has 4 N–H and O–H groups in total. The van der Waals surface area contributed by atoms with Crippen LogP contribution in [0.1, 0.15) is 13.8 Å². The molecule has 1 aromatic rings. The third kappa shape index (κ3) is 4.24. The van der Waals surface area contributed by atoms with Gasteiger partial charge in [0.05, 0.1) is 12.8 Å². The van der Waals surface area contributed by atoms with E-state index in [1.807, 2.05) is 32.0 Å².